The minimum Gasteiger partial charge on any atom is -0.380 e. The molecule has 0 fully saturated rings. The van der Waals surface area contributed by atoms with Gasteiger partial charge in [-0.05, 0) is 52.6 Å². The zero-order valence-corrected chi connectivity index (χ0v) is 24.5. The summed E-state index contributed by atoms with van der Waals surface area (Å²) < 4.78 is 5.75. The van der Waals surface area contributed by atoms with Crippen LogP contribution in [0.4, 0.5) is 0 Å². The van der Waals surface area contributed by atoms with Crippen molar-refractivity contribution in [1.82, 2.24) is 9.80 Å². The highest BCUT2D eigenvalue weighted by Gasteiger charge is 2.35. The van der Waals surface area contributed by atoms with Crippen molar-refractivity contribution in [1.29, 1.82) is 0 Å². The quantitative estimate of drug-likeness (QED) is 0.156. The molecule has 0 radical (unpaired) electrons. The molecule has 0 bridgehead atoms. The van der Waals surface area contributed by atoms with E-state index >= 15 is 0 Å². The molecule has 0 spiro atoms. The minimum atomic E-state index is -0.287. The Morgan fingerprint density at radius 2 is 1.21 bits per heavy atom. The van der Waals surface area contributed by atoms with Crippen molar-refractivity contribution >= 4 is 56.9 Å². The van der Waals surface area contributed by atoms with E-state index < -0.39 is 0 Å². The number of imide groups is 2. The molecule has 6 rings (SSSR count). The van der Waals surface area contributed by atoms with E-state index in [0.29, 0.717) is 41.2 Å². The van der Waals surface area contributed by atoms with E-state index in [4.69, 9.17) is 4.74 Å². The Morgan fingerprint density at radius 3 is 1.83 bits per heavy atom. The zero-order chi connectivity index (χ0) is 29.4. The Morgan fingerprint density at radius 1 is 0.643 bits per heavy atom. The van der Waals surface area contributed by atoms with Crippen molar-refractivity contribution < 1.29 is 23.9 Å². The van der Waals surface area contributed by atoms with Crippen LogP contribution in [0.3, 0.4) is 0 Å². The highest BCUT2D eigenvalue weighted by molar-refractivity contribution is 7.99. The van der Waals surface area contributed by atoms with Gasteiger partial charge in [0, 0.05) is 46.4 Å². The van der Waals surface area contributed by atoms with E-state index in [1.165, 1.54) is 9.80 Å². The number of benzene rings is 4. The first-order valence-electron chi connectivity index (χ1n) is 14.3. The second-order valence-corrected chi connectivity index (χ2v) is 12.1. The predicted molar refractivity (Wildman–Crippen MR) is 165 cm³/mol. The van der Waals surface area contributed by atoms with E-state index in [9.17, 15) is 19.2 Å². The lowest BCUT2D eigenvalue weighted by Gasteiger charge is -2.29. The van der Waals surface area contributed by atoms with Gasteiger partial charge in [0.25, 0.3) is 23.6 Å². The fraction of sp³-hybridized carbons (Fsp3) is 0.294. The van der Waals surface area contributed by atoms with Crippen LogP contribution in [-0.2, 0) is 4.74 Å². The largest absolute Gasteiger partial charge is 0.380 e. The first-order chi connectivity index (χ1) is 20.4. The topological polar surface area (TPSA) is 84.0 Å². The van der Waals surface area contributed by atoms with Crippen LogP contribution in [0, 0.1) is 0 Å². The third kappa shape index (κ3) is 4.88. The molecule has 42 heavy (non-hydrogen) atoms. The fourth-order valence-corrected chi connectivity index (χ4v) is 6.76. The number of rotatable bonds is 11. The van der Waals surface area contributed by atoms with Gasteiger partial charge in [-0.1, -0.05) is 62.4 Å². The van der Waals surface area contributed by atoms with Gasteiger partial charge in [-0.2, -0.15) is 11.8 Å². The third-order valence-electron chi connectivity index (χ3n) is 7.99. The molecule has 214 valence electrons. The van der Waals surface area contributed by atoms with Gasteiger partial charge < -0.3 is 4.74 Å². The van der Waals surface area contributed by atoms with Crippen molar-refractivity contribution in [3.8, 4) is 0 Å². The highest BCUT2D eigenvalue weighted by atomic mass is 32.2. The zero-order valence-electron chi connectivity index (χ0n) is 23.7. The van der Waals surface area contributed by atoms with Gasteiger partial charge in [0.05, 0.1) is 18.7 Å². The third-order valence-corrected chi connectivity index (χ3v) is 9.03. The van der Waals surface area contributed by atoms with Gasteiger partial charge in [-0.3, -0.25) is 29.0 Å². The lowest BCUT2D eigenvalue weighted by Crippen LogP contribution is -2.42. The number of nitrogens with zero attached hydrogens (tertiary/aromatic N) is 2. The van der Waals surface area contributed by atoms with Gasteiger partial charge in [0.1, 0.15) is 0 Å². The fourth-order valence-electron chi connectivity index (χ4n) is 5.92. The van der Waals surface area contributed by atoms with E-state index in [2.05, 4.69) is 13.8 Å². The standard InChI is InChI=1S/C34H32N2O5S/c1-21(2)24-14-13-23-9-5-12-27-29(23)30(24)34(40)36(33(27)39)16-20-42-19-6-17-41-18-15-35-31(37)25-10-3-7-22-8-4-11-26(28(22)25)32(35)38/h3-5,7-14,21H,6,15-20H2,1-2H3. The normalized spacial score (nSPS) is 14.6. The Bertz CT molecular complexity index is 1700. The average Bonchev–Trinajstić information content (AvgIpc) is 3.00. The number of hydrogen-bond acceptors (Lipinski definition) is 6. The molecule has 0 unspecified atom stereocenters. The van der Waals surface area contributed by atoms with Gasteiger partial charge >= 0.3 is 0 Å². The molecule has 0 N–H and O–H groups in total. The first-order valence-corrected chi connectivity index (χ1v) is 15.5. The maximum absolute atomic E-state index is 13.5. The Kier molecular flexibility index (Phi) is 7.84. The molecule has 4 amide bonds. The van der Waals surface area contributed by atoms with Crippen LogP contribution < -0.4 is 0 Å². The molecule has 4 aromatic rings. The van der Waals surface area contributed by atoms with Gasteiger partial charge in [0.2, 0.25) is 0 Å². The Labute approximate surface area is 248 Å². The SMILES string of the molecule is CC(C)c1ccc2cccc3c2c1C(=O)N(CCSCCCOCCN1C(=O)c2cccc4cccc(c24)C1=O)C3=O. The molecular weight excluding hydrogens is 548 g/mol. The monoisotopic (exact) mass is 580 g/mol. The summed E-state index contributed by atoms with van der Waals surface area (Å²) in [5.74, 6) is 0.586. The maximum atomic E-state index is 13.5. The molecular formula is C34H32N2O5S. The summed E-state index contributed by atoms with van der Waals surface area (Å²) in [6.45, 7) is 5.42. The number of amides is 4. The van der Waals surface area contributed by atoms with Gasteiger partial charge in [-0.25, -0.2) is 0 Å². The van der Waals surface area contributed by atoms with Crippen molar-refractivity contribution in [3.05, 3.63) is 94.5 Å². The summed E-state index contributed by atoms with van der Waals surface area (Å²) in [6.07, 6.45) is 0.774. The van der Waals surface area contributed by atoms with Crippen LogP contribution in [0.2, 0.25) is 0 Å². The van der Waals surface area contributed by atoms with Crippen LogP contribution >= 0.6 is 11.8 Å². The number of thioether (sulfide) groups is 1. The summed E-state index contributed by atoms with van der Waals surface area (Å²) in [7, 11) is 0. The Balaban J connectivity index is 0.966. The van der Waals surface area contributed by atoms with E-state index in [1.54, 1.807) is 23.9 Å². The van der Waals surface area contributed by atoms with E-state index in [-0.39, 0.29) is 42.7 Å². The molecule has 4 aromatic carbocycles. The summed E-state index contributed by atoms with van der Waals surface area (Å²) in [4.78, 5) is 55.4. The van der Waals surface area contributed by atoms with Crippen LogP contribution in [0.1, 0.15) is 73.2 Å². The molecule has 2 aliphatic rings. The molecule has 0 saturated carbocycles. The van der Waals surface area contributed by atoms with Crippen molar-refractivity contribution in [2.75, 3.05) is 37.8 Å². The summed E-state index contributed by atoms with van der Waals surface area (Å²) in [5, 5.41) is 3.29. The van der Waals surface area contributed by atoms with Crippen molar-refractivity contribution in [2.24, 2.45) is 0 Å². The molecule has 2 aliphatic heterocycles. The van der Waals surface area contributed by atoms with Crippen LogP contribution in [0.5, 0.6) is 0 Å². The van der Waals surface area contributed by atoms with Crippen LogP contribution in [0.25, 0.3) is 21.5 Å². The number of carbonyl (C=O) groups excluding carboxylic acids is 4. The van der Waals surface area contributed by atoms with Gasteiger partial charge in [-0.15, -0.1) is 0 Å². The smallest absolute Gasteiger partial charge is 0.261 e. The molecule has 0 saturated heterocycles. The lowest BCUT2D eigenvalue weighted by molar-refractivity contribution is 0.0522. The molecule has 8 heteroatoms. The maximum Gasteiger partial charge on any atom is 0.261 e. The molecule has 0 aliphatic carbocycles. The lowest BCUT2D eigenvalue weighted by atomic mass is 9.87. The second-order valence-electron chi connectivity index (χ2n) is 10.9. The van der Waals surface area contributed by atoms with E-state index in [1.807, 2.05) is 54.6 Å². The van der Waals surface area contributed by atoms with Crippen molar-refractivity contribution in [3.63, 3.8) is 0 Å². The summed E-state index contributed by atoms with van der Waals surface area (Å²) in [6, 6.07) is 20.6. The van der Waals surface area contributed by atoms with Crippen LogP contribution in [-0.4, -0.2) is 71.2 Å². The first kappa shape index (κ1) is 28.1. The number of hydrogen-bond donors (Lipinski definition) is 0. The molecule has 0 atom stereocenters. The predicted octanol–water partition coefficient (Wildman–Crippen LogP) is 6.15. The molecule has 2 heterocycles. The molecule has 7 nitrogen and oxygen atoms in total. The minimum absolute atomic E-state index is 0.169. The van der Waals surface area contributed by atoms with E-state index in [0.717, 1.165) is 39.3 Å². The van der Waals surface area contributed by atoms with Gasteiger partial charge in [0.15, 0.2) is 0 Å². The van der Waals surface area contributed by atoms with Crippen LogP contribution in [0.15, 0.2) is 66.7 Å². The van der Waals surface area contributed by atoms with Crippen molar-refractivity contribution in [2.45, 2.75) is 26.2 Å². The average molecular weight is 581 g/mol. The second kappa shape index (κ2) is 11.7. The highest BCUT2D eigenvalue weighted by Crippen LogP contribution is 2.35. The Hall–Kier alpha value is -4.01. The number of carbonyl (C=O) groups is 4. The summed E-state index contributed by atoms with van der Waals surface area (Å²) >= 11 is 1.67. The molecule has 0 aromatic heterocycles. The number of ether oxygens (including phenoxy) is 1. The summed E-state index contributed by atoms with van der Waals surface area (Å²) in [5.41, 5.74) is 3.31.